The van der Waals surface area contributed by atoms with Crippen molar-refractivity contribution in [3.8, 4) is 0 Å². The molecule has 1 N–H and O–H groups in total. The lowest BCUT2D eigenvalue weighted by Gasteiger charge is -2.12. The normalized spacial score (nSPS) is 11.6. The fourth-order valence-electron chi connectivity index (χ4n) is 2.06. The average molecular weight is 343 g/mol. The van der Waals surface area contributed by atoms with Crippen molar-refractivity contribution >= 4 is 23.6 Å². The summed E-state index contributed by atoms with van der Waals surface area (Å²) in [6.45, 7) is 3.93. The Morgan fingerprint density at radius 3 is 2.46 bits per heavy atom. The minimum Gasteiger partial charge on any atom is -0.455 e. The van der Waals surface area contributed by atoms with Crippen LogP contribution in [0.1, 0.15) is 18.1 Å². The lowest BCUT2D eigenvalue weighted by Crippen LogP contribution is -2.30. The van der Waals surface area contributed by atoms with E-state index in [9.17, 15) is 9.59 Å². The second kappa shape index (κ2) is 9.13. The van der Waals surface area contributed by atoms with Gasteiger partial charge in [0.1, 0.15) is 5.25 Å². The van der Waals surface area contributed by atoms with Crippen LogP contribution in [-0.4, -0.2) is 23.7 Å². The first-order chi connectivity index (χ1) is 11.6. The summed E-state index contributed by atoms with van der Waals surface area (Å²) in [5.74, 6) is -0.696. The zero-order chi connectivity index (χ0) is 17.4. The molecule has 0 bridgehead atoms. The Morgan fingerprint density at radius 1 is 1.08 bits per heavy atom. The molecule has 0 saturated heterocycles. The molecule has 24 heavy (non-hydrogen) atoms. The summed E-state index contributed by atoms with van der Waals surface area (Å²) >= 11 is 1.41. The van der Waals surface area contributed by atoms with E-state index in [1.165, 1.54) is 11.8 Å². The monoisotopic (exact) mass is 343 g/mol. The van der Waals surface area contributed by atoms with E-state index in [0.29, 0.717) is 6.54 Å². The summed E-state index contributed by atoms with van der Waals surface area (Å²) in [5, 5.41) is 2.40. The molecule has 2 aromatic carbocycles. The van der Waals surface area contributed by atoms with E-state index in [1.807, 2.05) is 61.5 Å². The first kappa shape index (κ1) is 18.1. The standard InChI is InChI=1S/C19H21NO3S/c1-14-8-6-7-9-16(14)12-20-18(21)13-23-19(22)15(2)24-17-10-4-3-5-11-17/h3-11,15H,12-13H2,1-2H3,(H,20,21)/t15-/m0/s1. The first-order valence-corrected chi connectivity index (χ1v) is 8.64. The molecule has 0 fully saturated rings. The summed E-state index contributed by atoms with van der Waals surface area (Å²) < 4.78 is 5.08. The maximum Gasteiger partial charge on any atom is 0.319 e. The number of ether oxygens (including phenoxy) is 1. The predicted octanol–water partition coefficient (Wildman–Crippen LogP) is 3.34. The molecule has 1 atom stereocenters. The quantitative estimate of drug-likeness (QED) is 0.619. The van der Waals surface area contributed by atoms with Crippen molar-refractivity contribution in [3.05, 3.63) is 65.7 Å². The van der Waals surface area contributed by atoms with E-state index < -0.39 is 5.97 Å². The summed E-state index contributed by atoms with van der Waals surface area (Å²) in [4.78, 5) is 24.8. The Bertz CT molecular complexity index is 688. The van der Waals surface area contributed by atoms with Gasteiger partial charge in [-0.25, -0.2) is 0 Å². The minimum absolute atomic E-state index is 0.260. The van der Waals surface area contributed by atoms with E-state index in [-0.39, 0.29) is 17.8 Å². The highest BCUT2D eigenvalue weighted by Gasteiger charge is 2.17. The molecule has 5 heteroatoms. The van der Waals surface area contributed by atoms with Crippen molar-refractivity contribution in [3.63, 3.8) is 0 Å². The van der Waals surface area contributed by atoms with E-state index in [4.69, 9.17) is 4.74 Å². The Labute approximate surface area is 146 Å². The second-order valence-corrected chi connectivity index (χ2v) is 6.80. The molecule has 1 amide bonds. The Kier molecular flexibility index (Phi) is 6.88. The Hall–Kier alpha value is -2.27. The van der Waals surface area contributed by atoms with Crippen molar-refractivity contribution in [2.45, 2.75) is 30.5 Å². The number of benzene rings is 2. The summed E-state index contributed by atoms with van der Waals surface area (Å²) in [6.07, 6.45) is 0. The fraction of sp³-hybridized carbons (Fsp3) is 0.263. The van der Waals surface area contributed by atoms with Gasteiger partial charge in [0.15, 0.2) is 6.61 Å². The van der Waals surface area contributed by atoms with Crippen LogP contribution in [0.5, 0.6) is 0 Å². The number of aryl methyl sites for hydroxylation is 1. The van der Waals surface area contributed by atoms with Gasteiger partial charge in [-0.15, -0.1) is 11.8 Å². The maximum absolute atomic E-state index is 12.0. The minimum atomic E-state index is -0.394. The largest absolute Gasteiger partial charge is 0.455 e. The topological polar surface area (TPSA) is 55.4 Å². The molecule has 0 unspecified atom stereocenters. The van der Waals surface area contributed by atoms with Gasteiger partial charge in [0.2, 0.25) is 0 Å². The SMILES string of the molecule is Cc1ccccc1CNC(=O)COC(=O)[C@H](C)Sc1ccccc1. The molecule has 0 aliphatic carbocycles. The van der Waals surface area contributed by atoms with Crippen molar-refractivity contribution in [2.75, 3.05) is 6.61 Å². The van der Waals surface area contributed by atoms with Crippen LogP contribution in [0.3, 0.4) is 0 Å². The number of hydrogen-bond acceptors (Lipinski definition) is 4. The van der Waals surface area contributed by atoms with E-state index in [1.54, 1.807) is 6.92 Å². The molecule has 2 aromatic rings. The molecule has 0 aromatic heterocycles. The molecule has 4 nitrogen and oxygen atoms in total. The molecule has 0 radical (unpaired) electrons. The smallest absolute Gasteiger partial charge is 0.319 e. The number of carbonyl (C=O) groups is 2. The highest BCUT2D eigenvalue weighted by atomic mass is 32.2. The van der Waals surface area contributed by atoms with Gasteiger partial charge >= 0.3 is 5.97 Å². The lowest BCUT2D eigenvalue weighted by atomic mass is 10.1. The number of amides is 1. The molecule has 126 valence electrons. The first-order valence-electron chi connectivity index (χ1n) is 7.76. The predicted molar refractivity (Wildman–Crippen MR) is 95.7 cm³/mol. The van der Waals surface area contributed by atoms with Crippen molar-refractivity contribution in [1.82, 2.24) is 5.32 Å². The van der Waals surface area contributed by atoms with Gasteiger partial charge in [-0.05, 0) is 37.1 Å². The molecule has 2 rings (SSSR count). The highest BCUT2D eigenvalue weighted by Crippen LogP contribution is 2.23. The summed E-state index contributed by atoms with van der Waals surface area (Å²) in [5.41, 5.74) is 2.16. The molecule has 0 saturated carbocycles. The molecular weight excluding hydrogens is 322 g/mol. The van der Waals surface area contributed by atoms with Gasteiger partial charge in [-0.2, -0.15) is 0 Å². The summed E-state index contributed by atoms with van der Waals surface area (Å²) in [6, 6.07) is 17.5. The van der Waals surface area contributed by atoms with Crippen molar-refractivity contribution in [1.29, 1.82) is 0 Å². The third kappa shape index (κ3) is 5.74. The number of carbonyl (C=O) groups excluding carboxylic acids is 2. The zero-order valence-corrected chi connectivity index (χ0v) is 14.6. The second-order valence-electron chi connectivity index (χ2n) is 5.38. The summed E-state index contributed by atoms with van der Waals surface area (Å²) in [7, 11) is 0. The van der Waals surface area contributed by atoms with Gasteiger partial charge < -0.3 is 10.1 Å². The Balaban J connectivity index is 1.73. The van der Waals surface area contributed by atoms with E-state index >= 15 is 0 Å². The number of rotatable bonds is 7. The van der Waals surface area contributed by atoms with Crippen LogP contribution in [0.2, 0.25) is 0 Å². The third-order valence-electron chi connectivity index (χ3n) is 3.47. The maximum atomic E-state index is 12.0. The van der Waals surface area contributed by atoms with Crippen molar-refractivity contribution < 1.29 is 14.3 Å². The molecule has 0 spiro atoms. The van der Waals surface area contributed by atoms with Crippen LogP contribution in [0.25, 0.3) is 0 Å². The number of esters is 1. The molecule has 0 heterocycles. The Morgan fingerprint density at radius 2 is 1.75 bits per heavy atom. The van der Waals surface area contributed by atoms with Gasteiger partial charge in [-0.1, -0.05) is 42.5 Å². The number of thioether (sulfide) groups is 1. The van der Waals surface area contributed by atoms with Crippen LogP contribution in [0, 0.1) is 6.92 Å². The number of nitrogens with one attached hydrogen (secondary N) is 1. The zero-order valence-electron chi connectivity index (χ0n) is 13.8. The van der Waals surface area contributed by atoms with Gasteiger partial charge in [0, 0.05) is 11.4 Å². The van der Waals surface area contributed by atoms with Crippen molar-refractivity contribution in [2.24, 2.45) is 0 Å². The molecule has 0 aliphatic rings. The lowest BCUT2D eigenvalue weighted by molar-refractivity contribution is -0.147. The van der Waals surface area contributed by atoms with Crippen LogP contribution < -0.4 is 5.32 Å². The number of hydrogen-bond donors (Lipinski definition) is 1. The fourth-order valence-corrected chi connectivity index (χ4v) is 2.95. The van der Waals surface area contributed by atoms with Crippen LogP contribution in [0.4, 0.5) is 0 Å². The highest BCUT2D eigenvalue weighted by molar-refractivity contribution is 8.00. The van der Waals surface area contributed by atoms with E-state index in [2.05, 4.69) is 5.32 Å². The van der Waals surface area contributed by atoms with Crippen LogP contribution >= 0.6 is 11.8 Å². The molecule has 0 aliphatic heterocycles. The van der Waals surface area contributed by atoms with E-state index in [0.717, 1.165) is 16.0 Å². The van der Waals surface area contributed by atoms with Crippen LogP contribution in [0.15, 0.2) is 59.5 Å². The van der Waals surface area contributed by atoms with Crippen LogP contribution in [-0.2, 0) is 20.9 Å². The third-order valence-corrected chi connectivity index (χ3v) is 4.56. The van der Waals surface area contributed by atoms with Gasteiger partial charge in [0.05, 0.1) is 0 Å². The van der Waals surface area contributed by atoms with Gasteiger partial charge in [0.25, 0.3) is 5.91 Å². The van der Waals surface area contributed by atoms with Gasteiger partial charge in [-0.3, -0.25) is 9.59 Å². The molecular formula is C19H21NO3S. The average Bonchev–Trinajstić information content (AvgIpc) is 2.59.